The van der Waals surface area contributed by atoms with Gasteiger partial charge in [-0.05, 0) is 25.3 Å². The predicted molar refractivity (Wildman–Crippen MR) is 78.6 cm³/mol. The van der Waals surface area contributed by atoms with Gasteiger partial charge in [0, 0.05) is 25.3 Å². The molecule has 0 saturated carbocycles. The van der Waals surface area contributed by atoms with Crippen LogP contribution in [0.5, 0.6) is 0 Å². The van der Waals surface area contributed by atoms with E-state index < -0.39 is 4.92 Å². The van der Waals surface area contributed by atoms with Crippen molar-refractivity contribution in [2.75, 3.05) is 6.61 Å². The number of hydrogen-bond acceptors (Lipinski definition) is 6. The Labute approximate surface area is 127 Å². The van der Waals surface area contributed by atoms with E-state index in [4.69, 9.17) is 10.5 Å². The first-order valence-electron chi connectivity index (χ1n) is 7.13. The fourth-order valence-corrected chi connectivity index (χ4v) is 2.70. The summed E-state index contributed by atoms with van der Waals surface area (Å²) in [6, 6.07) is 4.69. The highest BCUT2D eigenvalue weighted by atomic mass is 16.6. The number of non-ortho nitro benzene ring substituents is 1. The molecule has 2 aromatic rings. The van der Waals surface area contributed by atoms with Gasteiger partial charge >= 0.3 is 0 Å². The Morgan fingerprint density at radius 3 is 3.00 bits per heavy atom. The van der Waals surface area contributed by atoms with Gasteiger partial charge in [-0.2, -0.15) is 0 Å². The Hall–Kier alpha value is -2.32. The van der Waals surface area contributed by atoms with E-state index in [0.717, 1.165) is 24.1 Å². The molecule has 1 aliphatic heterocycles. The van der Waals surface area contributed by atoms with Crippen LogP contribution < -0.4 is 5.73 Å². The number of aromatic nitrogens is 3. The molecule has 1 aliphatic rings. The summed E-state index contributed by atoms with van der Waals surface area (Å²) in [5, 5.41) is 19.3. The summed E-state index contributed by atoms with van der Waals surface area (Å²) in [7, 11) is 0. The zero-order valence-electron chi connectivity index (χ0n) is 12.2. The average Bonchev–Trinajstić information content (AvgIpc) is 3.15. The lowest BCUT2D eigenvalue weighted by Gasteiger charge is -2.14. The number of aryl methyl sites for hydroxylation is 1. The van der Waals surface area contributed by atoms with Crippen molar-refractivity contribution in [3.8, 4) is 5.69 Å². The third-order valence-electron chi connectivity index (χ3n) is 3.84. The molecular weight excluding hydrogens is 286 g/mol. The largest absolute Gasteiger partial charge is 0.372 e. The fraction of sp³-hybridized carbons (Fsp3) is 0.429. The minimum atomic E-state index is -0.421. The molecule has 8 heteroatoms. The van der Waals surface area contributed by atoms with Crippen LogP contribution >= 0.6 is 0 Å². The van der Waals surface area contributed by atoms with Crippen LogP contribution in [0.25, 0.3) is 5.69 Å². The molecule has 1 aromatic heterocycles. The molecule has 2 N–H and O–H groups in total. The number of nitrogens with zero attached hydrogens (tertiary/aromatic N) is 4. The minimum Gasteiger partial charge on any atom is -0.372 e. The van der Waals surface area contributed by atoms with Crippen molar-refractivity contribution in [2.45, 2.75) is 32.4 Å². The number of hydrogen-bond donors (Lipinski definition) is 1. The second-order valence-electron chi connectivity index (χ2n) is 5.27. The van der Waals surface area contributed by atoms with E-state index in [-0.39, 0.29) is 18.3 Å². The number of ether oxygens (including phenoxy) is 1. The van der Waals surface area contributed by atoms with Crippen LogP contribution in [0.1, 0.15) is 35.9 Å². The van der Waals surface area contributed by atoms with Gasteiger partial charge in [0.25, 0.3) is 5.69 Å². The van der Waals surface area contributed by atoms with Crippen molar-refractivity contribution in [1.29, 1.82) is 0 Å². The Kier molecular flexibility index (Phi) is 3.86. The zero-order chi connectivity index (χ0) is 15.7. The monoisotopic (exact) mass is 303 g/mol. The van der Waals surface area contributed by atoms with E-state index in [2.05, 4.69) is 10.3 Å². The van der Waals surface area contributed by atoms with Crippen molar-refractivity contribution in [3.05, 3.63) is 45.3 Å². The van der Waals surface area contributed by atoms with E-state index >= 15 is 0 Å². The van der Waals surface area contributed by atoms with Crippen molar-refractivity contribution < 1.29 is 9.66 Å². The van der Waals surface area contributed by atoms with Crippen LogP contribution in [0.2, 0.25) is 0 Å². The van der Waals surface area contributed by atoms with Crippen LogP contribution in [0.4, 0.5) is 5.69 Å². The Morgan fingerprint density at radius 1 is 1.55 bits per heavy atom. The van der Waals surface area contributed by atoms with E-state index in [9.17, 15) is 10.1 Å². The van der Waals surface area contributed by atoms with E-state index in [1.807, 2.05) is 6.92 Å². The van der Waals surface area contributed by atoms with Crippen molar-refractivity contribution >= 4 is 5.69 Å². The van der Waals surface area contributed by atoms with Gasteiger partial charge in [-0.15, -0.1) is 5.10 Å². The molecule has 1 atom stereocenters. The van der Waals surface area contributed by atoms with Crippen LogP contribution in [0.3, 0.4) is 0 Å². The van der Waals surface area contributed by atoms with Gasteiger partial charge in [-0.25, -0.2) is 4.68 Å². The van der Waals surface area contributed by atoms with E-state index in [1.165, 1.54) is 12.1 Å². The van der Waals surface area contributed by atoms with Crippen LogP contribution in [-0.2, 0) is 11.3 Å². The van der Waals surface area contributed by atoms with Gasteiger partial charge in [0.2, 0.25) is 0 Å². The molecule has 0 bridgehead atoms. The fourth-order valence-electron chi connectivity index (χ4n) is 2.70. The second-order valence-corrected chi connectivity index (χ2v) is 5.27. The molecule has 0 amide bonds. The first-order chi connectivity index (χ1) is 10.6. The van der Waals surface area contributed by atoms with Crippen molar-refractivity contribution in [3.63, 3.8) is 0 Å². The molecule has 0 aliphatic carbocycles. The molecule has 1 saturated heterocycles. The minimum absolute atomic E-state index is 0.0173. The summed E-state index contributed by atoms with van der Waals surface area (Å²) in [4.78, 5) is 10.6. The molecule has 1 unspecified atom stereocenters. The highest BCUT2D eigenvalue weighted by molar-refractivity contribution is 5.49. The Morgan fingerprint density at radius 2 is 2.36 bits per heavy atom. The van der Waals surface area contributed by atoms with Crippen molar-refractivity contribution in [1.82, 2.24) is 15.0 Å². The molecule has 0 radical (unpaired) electrons. The third-order valence-corrected chi connectivity index (χ3v) is 3.84. The van der Waals surface area contributed by atoms with Crippen LogP contribution in [-0.4, -0.2) is 26.5 Å². The maximum Gasteiger partial charge on any atom is 0.271 e. The van der Waals surface area contributed by atoms with Gasteiger partial charge < -0.3 is 10.5 Å². The SMILES string of the molecule is Cc1ccc([N+](=O)[O-])cc1-n1nnc(CN)c1C1CCCO1. The lowest BCUT2D eigenvalue weighted by molar-refractivity contribution is -0.384. The number of nitro benzene ring substituents is 1. The topological polar surface area (TPSA) is 109 Å². The normalized spacial score (nSPS) is 17.8. The summed E-state index contributed by atoms with van der Waals surface area (Å²) in [5.74, 6) is 0. The summed E-state index contributed by atoms with van der Waals surface area (Å²) in [6.45, 7) is 2.82. The van der Waals surface area contributed by atoms with Gasteiger partial charge in [0.05, 0.1) is 16.3 Å². The van der Waals surface area contributed by atoms with Crippen molar-refractivity contribution in [2.24, 2.45) is 5.73 Å². The smallest absolute Gasteiger partial charge is 0.271 e. The summed E-state index contributed by atoms with van der Waals surface area (Å²) < 4.78 is 7.35. The summed E-state index contributed by atoms with van der Waals surface area (Å²) in [6.07, 6.45) is 1.72. The van der Waals surface area contributed by atoms with Gasteiger partial charge in [-0.1, -0.05) is 11.3 Å². The second kappa shape index (κ2) is 5.82. The Balaban J connectivity index is 2.14. The van der Waals surface area contributed by atoms with E-state index in [1.54, 1.807) is 10.7 Å². The molecule has 1 aromatic carbocycles. The number of benzene rings is 1. The van der Waals surface area contributed by atoms with Crippen LogP contribution in [0.15, 0.2) is 18.2 Å². The highest BCUT2D eigenvalue weighted by Gasteiger charge is 2.27. The molecular formula is C14H17N5O3. The molecule has 0 spiro atoms. The Bertz CT molecular complexity index is 706. The third kappa shape index (κ3) is 2.46. The average molecular weight is 303 g/mol. The standard InChI is InChI=1S/C14H17N5O3/c1-9-4-5-10(19(20)21)7-12(9)18-14(11(8-15)16-17-18)13-3-2-6-22-13/h4-5,7,13H,2-3,6,8,15H2,1H3. The molecule has 1 fully saturated rings. The van der Waals surface area contributed by atoms with Gasteiger partial charge in [-0.3, -0.25) is 10.1 Å². The van der Waals surface area contributed by atoms with E-state index in [0.29, 0.717) is 18.0 Å². The highest BCUT2D eigenvalue weighted by Crippen LogP contribution is 2.32. The maximum atomic E-state index is 11.0. The maximum absolute atomic E-state index is 11.0. The van der Waals surface area contributed by atoms with Crippen LogP contribution in [0, 0.1) is 17.0 Å². The summed E-state index contributed by atoms with van der Waals surface area (Å²) >= 11 is 0. The zero-order valence-corrected chi connectivity index (χ0v) is 12.2. The molecule has 3 rings (SSSR count). The first-order valence-corrected chi connectivity index (χ1v) is 7.13. The molecule has 116 valence electrons. The number of nitro groups is 1. The van der Waals surface area contributed by atoms with Gasteiger partial charge in [0.1, 0.15) is 11.8 Å². The molecule has 22 heavy (non-hydrogen) atoms. The quantitative estimate of drug-likeness (QED) is 0.681. The lowest BCUT2D eigenvalue weighted by Crippen LogP contribution is -2.12. The predicted octanol–water partition coefficient (Wildman–Crippen LogP) is 1.79. The number of nitrogens with two attached hydrogens (primary N) is 1. The molecule has 2 heterocycles. The van der Waals surface area contributed by atoms with Gasteiger partial charge in [0.15, 0.2) is 0 Å². The number of rotatable bonds is 4. The lowest BCUT2D eigenvalue weighted by atomic mass is 10.1. The first kappa shape index (κ1) is 14.6. The molecule has 8 nitrogen and oxygen atoms in total. The summed E-state index contributed by atoms with van der Waals surface area (Å²) in [5.41, 5.74) is 8.73.